The molecule has 1 heterocycles. The van der Waals surface area contributed by atoms with Gasteiger partial charge in [0.25, 0.3) is 5.91 Å². The number of benzene rings is 1. The van der Waals surface area contributed by atoms with Crippen LogP contribution in [0.25, 0.3) is 5.69 Å². The van der Waals surface area contributed by atoms with Gasteiger partial charge in [0, 0.05) is 44.3 Å². The Bertz CT molecular complexity index is 925. The number of ether oxygens (including phenoxy) is 1. The predicted molar refractivity (Wildman–Crippen MR) is 154 cm³/mol. The third-order valence-electron chi connectivity index (χ3n) is 5.86. The van der Waals surface area contributed by atoms with Crippen LogP contribution in [-0.2, 0) is 11.3 Å². The van der Waals surface area contributed by atoms with Gasteiger partial charge < -0.3 is 31.0 Å². The van der Waals surface area contributed by atoms with Crippen molar-refractivity contribution in [2.75, 3.05) is 33.8 Å². The van der Waals surface area contributed by atoms with E-state index in [2.05, 4.69) is 34.8 Å². The number of amides is 1. The maximum Gasteiger partial charge on any atom is 0.259 e. The average Bonchev–Trinajstić information content (AvgIpc) is 3.08. The standard InChI is InChI=1S/C26H42N6O2.2ClH/c1-20-17-22(18-29-15-9-7-5-6-8-10-16-30-26(27)28)21(2)32(20)23-11-13-24(14-12-23)34-19-25(33)31(3)4;;/h11-14,17,29H,5-10,15-16,18-19H2,1-4H3,(H4,27,28,30);2*1H. The number of nitrogens with zero attached hydrogens (tertiary/aromatic N) is 3. The molecule has 0 saturated heterocycles. The molecule has 0 aliphatic heterocycles. The van der Waals surface area contributed by atoms with Crippen molar-refractivity contribution in [3.63, 3.8) is 0 Å². The van der Waals surface area contributed by atoms with E-state index in [9.17, 15) is 4.79 Å². The fraction of sp³-hybridized carbons (Fsp3) is 0.538. The van der Waals surface area contributed by atoms with E-state index < -0.39 is 0 Å². The normalized spacial score (nSPS) is 10.2. The molecule has 1 aromatic carbocycles. The number of rotatable bonds is 15. The number of guanidine groups is 1. The summed E-state index contributed by atoms with van der Waals surface area (Å²) in [4.78, 5) is 17.2. The van der Waals surface area contributed by atoms with Gasteiger partial charge in [-0.05, 0) is 69.1 Å². The molecule has 1 amide bonds. The first-order valence-electron chi connectivity index (χ1n) is 12.2. The van der Waals surface area contributed by atoms with E-state index in [0.29, 0.717) is 5.75 Å². The second kappa shape index (κ2) is 17.9. The zero-order valence-corrected chi connectivity index (χ0v) is 23.7. The quantitative estimate of drug-likeness (QED) is 0.178. The Morgan fingerprint density at radius 1 is 1.00 bits per heavy atom. The first kappa shape index (κ1) is 33.6. The van der Waals surface area contributed by atoms with E-state index in [1.165, 1.54) is 54.0 Å². The summed E-state index contributed by atoms with van der Waals surface area (Å²) in [6.07, 6.45) is 7.14. The number of aliphatic imine (C=N–C) groups is 1. The van der Waals surface area contributed by atoms with Crippen LogP contribution in [0.2, 0.25) is 0 Å². The molecule has 8 nitrogen and oxygen atoms in total. The van der Waals surface area contributed by atoms with Gasteiger partial charge in [-0.25, -0.2) is 0 Å². The lowest BCUT2D eigenvalue weighted by Crippen LogP contribution is -2.27. The van der Waals surface area contributed by atoms with E-state index in [0.717, 1.165) is 31.7 Å². The van der Waals surface area contributed by atoms with Crippen molar-refractivity contribution in [1.82, 2.24) is 14.8 Å². The smallest absolute Gasteiger partial charge is 0.259 e. The van der Waals surface area contributed by atoms with Crippen molar-refractivity contribution in [1.29, 1.82) is 0 Å². The number of carbonyl (C=O) groups is 1. The van der Waals surface area contributed by atoms with Crippen LogP contribution in [0.3, 0.4) is 0 Å². The predicted octanol–water partition coefficient (Wildman–Crippen LogP) is 4.11. The summed E-state index contributed by atoms with van der Waals surface area (Å²) in [5, 5.41) is 3.59. The zero-order valence-electron chi connectivity index (χ0n) is 22.1. The van der Waals surface area contributed by atoms with Crippen molar-refractivity contribution in [3.8, 4) is 11.4 Å². The van der Waals surface area contributed by atoms with Gasteiger partial charge in [0.05, 0.1) is 0 Å². The van der Waals surface area contributed by atoms with Crippen LogP contribution < -0.4 is 21.5 Å². The highest BCUT2D eigenvalue weighted by Crippen LogP contribution is 2.23. The van der Waals surface area contributed by atoms with Crippen LogP contribution in [0.4, 0.5) is 0 Å². The summed E-state index contributed by atoms with van der Waals surface area (Å²) >= 11 is 0. The Hall–Kier alpha value is -2.42. The molecule has 0 unspecified atom stereocenters. The van der Waals surface area contributed by atoms with Crippen LogP contribution in [0.15, 0.2) is 35.3 Å². The number of aromatic nitrogens is 1. The zero-order chi connectivity index (χ0) is 24.9. The summed E-state index contributed by atoms with van der Waals surface area (Å²) in [5.74, 6) is 0.819. The molecule has 36 heavy (non-hydrogen) atoms. The molecule has 5 N–H and O–H groups in total. The van der Waals surface area contributed by atoms with E-state index in [-0.39, 0.29) is 43.3 Å². The maximum absolute atomic E-state index is 11.7. The maximum atomic E-state index is 11.7. The highest BCUT2D eigenvalue weighted by Gasteiger charge is 2.11. The number of nitrogens with two attached hydrogens (primary N) is 2. The first-order valence-corrected chi connectivity index (χ1v) is 12.2. The van der Waals surface area contributed by atoms with Crippen molar-refractivity contribution in [3.05, 3.63) is 47.3 Å². The van der Waals surface area contributed by atoms with Crippen LogP contribution in [0.5, 0.6) is 5.75 Å². The van der Waals surface area contributed by atoms with E-state index >= 15 is 0 Å². The van der Waals surface area contributed by atoms with Gasteiger partial charge in [0.1, 0.15) is 5.75 Å². The lowest BCUT2D eigenvalue weighted by molar-refractivity contribution is -0.130. The van der Waals surface area contributed by atoms with Gasteiger partial charge in [-0.1, -0.05) is 25.7 Å². The van der Waals surface area contributed by atoms with Crippen LogP contribution in [0, 0.1) is 13.8 Å². The van der Waals surface area contributed by atoms with E-state index in [4.69, 9.17) is 16.2 Å². The summed E-state index contributed by atoms with van der Waals surface area (Å²) in [6.45, 7) is 6.96. The summed E-state index contributed by atoms with van der Waals surface area (Å²) < 4.78 is 7.85. The fourth-order valence-electron chi connectivity index (χ4n) is 3.87. The average molecular weight is 544 g/mol. The SMILES string of the molecule is Cc1cc(CNCCCCCCCCN=C(N)N)c(C)n1-c1ccc(OCC(=O)N(C)C)cc1.Cl.Cl. The molecule has 10 heteroatoms. The minimum absolute atomic E-state index is 0. The van der Waals surface area contributed by atoms with Gasteiger partial charge in [-0.3, -0.25) is 9.79 Å². The van der Waals surface area contributed by atoms with Gasteiger partial charge in [0.2, 0.25) is 0 Å². The number of likely N-dealkylation sites (N-methyl/N-ethyl adjacent to an activating group) is 1. The lowest BCUT2D eigenvalue weighted by atomic mass is 10.1. The molecule has 0 spiro atoms. The molecule has 0 radical (unpaired) electrons. The summed E-state index contributed by atoms with van der Waals surface area (Å²) in [7, 11) is 3.44. The topological polar surface area (TPSA) is 111 Å². The highest BCUT2D eigenvalue weighted by atomic mass is 35.5. The Morgan fingerprint density at radius 3 is 2.22 bits per heavy atom. The largest absolute Gasteiger partial charge is 0.484 e. The fourth-order valence-corrected chi connectivity index (χ4v) is 3.87. The molecule has 0 saturated carbocycles. The Morgan fingerprint density at radius 2 is 1.61 bits per heavy atom. The second-order valence-corrected chi connectivity index (χ2v) is 8.91. The number of nitrogens with one attached hydrogen (secondary N) is 1. The number of unbranched alkanes of at least 4 members (excludes halogenated alkanes) is 5. The van der Waals surface area contributed by atoms with Crippen molar-refractivity contribution < 1.29 is 9.53 Å². The second-order valence-electron chi connectivity index (χ2n) is 8.91. The van der Waals surface area contributed by atoms with Crippen LogP contribution in [-0.4, -0.2) is 55.1 Å². The Balaban J connectivity index is 0.00000612. The Labute approximate surface area is 228 Å². The third kappa shape index (κ3) is 11.5. The molecule has 204 valence electrons. The van der Waals surface area contributed by atoms with Gasteiger partial charge >= 0.3 is 0 Å². The lowest BCUT2D eigenvalue weighted by Gasteiger charge is -2.13. The summed E-state index contributed by atoms with van der Waals surface area (Å²) in [6, 6.07) is 10.1. The Kier molecular flexibility index (Phi) is 16.7. The molecule has 0 atom stereocenters. The van der Waals surface area contributed by atoms with Crippen molar-refractivity contribution >= 4 is 36.7 Å². The molecule has 1 aromatic heterocycles. The van der Waals surface area contributed by atoms with E-state index in [1.807, 2.05) is 24.3 Å². The van der Waals surface area contributed by atoms with Crippen LogP contribution >= 0.6 is 24.8 Å². The molecular formula is C26H44Cl2N6O2. The molecule has 0 fully saturated rings. The number of hydrogen-bond donors (Lipinski definition) is 3. The van der Waals surface area contributed by atoms with Crippen molar-refractivity contribution in [2.45, 2.75) is 58.9 Å². The minimum Gasteiger partial charge on any atom is -0.484 e. The summed E-state index contributed by atoms with van der Waals surface area (Å²) in [5.41, 5.74) is 15.5. The van der Waals surface area contributed by atoms with Crippen LogP contribution in [0.1, 0.15) is 55.5 Å². The third-order valence-corrected chi connectivity index (χ3v) is 5.86. The highest BCUT2D eigenvalue weighted by molar-refractivity contribution is 5.85. The van der Waals surface area contributed by atoms with Gasteiger partial charge in [-0.2, -0.15) is 0 Å². The molecule has 0 aliphatic rings. The molecule has 0 bridgehead atoms. The molecule has 0 aliphatic carbocycles. The monoisotopic (exact) mass is 542 g/mol. The molecular weight excluding hydrogens is 499 g/mol. The number of aryl methyl sites for hydroxylation is 1. The van der Waals surface area contributed by atoms with E-state index in [1.54, 1.807) is 14.1 Å². The first-order chi connectivity index (χ1) is 16.3. The molecule has 2 rings (SSSR count). The van der Waals surface area contributed by atoms with Gasteiger partial charge in [-0.15, -0.1) is 24.8 Å². The van der Waals surface area contributed by atoms with Crippen molar-refractivity contribution in [2.24, 2.45) is 16.5 Å². The minimum atomic E-state index is -0.0576. The van der Waals surface area contributed by atoms with Gasteiger partial charge in [0.15, 0.2) is 12.6 Å². The molecule has 2 aromatic rings. The number of halogens is 2. The number of hydrogen-bond acceptors (Lipinski definition) is 4. The number of carbonyl (C=O) groups excluding carboxylic acids is 1.